The Bertz CT molecular complexity index is 641. The van der Waals surface area contributed by atoms with E-state index in [4.69, 9.17) is 5.73 Å². The van der Waals surface area contributed by atoms with Gasteiger partial charge in [-0.05, 0) is 65.4 Å². The molecule has 0 spiro atoms. The number of carbonyl (C=O) groups is 1. The van der Waals surface area contributed by atoms with Gasteiger partial charge in [-0.1, -0.05) is 6.07 Å². The van der Waals surface area contributed by atoms with Gasteiger partial charge in [0.05, 0.1) is 5.56 Å². The van der Waals surface area contributed by atoms with E-state index < -0.39 is 0 Å². The summed E-state index contributed by atoms with van der Waals surface area (Å²) in [5.41, 5.74) is 8.07. The fourth-order valence-corrected chi connectivity index (χ4v) is 2.15. The van der Waals surface area contributed by atoms with Crippen LogP contribution in [-0.2, 0) is 0 Å². The van der Waals surface area contributed by atoms with Crippen molar-refractivity contribution in [1.29, 1.82) is 0 Å². The zero-order valence-electron chi connectivity index (χ0n) is 10.3. The Labute approximate surface area is 124 Å². The molecule has 0 heterocycles. The molecule has 0 unspecified atom stereocenters. The fraction of sp³-hybridized carbons (Fsp3) is 0.0714. The lowest BCUT2D eigenvalue weighted by Crippen LogP contribution is -2.13. The highest BCUT2D eigenvalue weighted by Crippen LogP contribution is 2.23. The van der Waals surface area contributed by atoms with Crippen LogP contribution in [0.1, 0.15) is 15.9 Å². The summed E-state index contributed by atoms with van der Waals surface area (Å²) >= 11 is 2.09. The Kier molecular flexibility index (Phi) is 3.94. The highest BCUT2D eigenvalue weighted by atomic mass is 127. The summed E-state index contributed by atoms with van der Waals surface area (Å²) in [5.74, 6) is -0.399. The Balaban J connectivity index is 2.30. The highest BCUT2D eigenvalue weighted by molar-refractivity contribution is 14.1. The molecule has 0 saturated carbocycles. The van der Waals surface area contributed by atoms with E-state index in [1.54, 1.807) is 24.3 Å². The molecule has 1 amide bonds. The van der Waals surface area contributed by atoms with E-state index in [1.165, 1.54) is 6.07 Å². The van der Waals surface area contributed by atoms with Crippen LogP contribution in [0.15, 0.2) is 36.4 Å². The Morgan fingerprint density at radius 2 is 2.00 bits per heavy atom. The summed E-state index contributed by atoms with van der Waals surface area (Å²) in [6.07, 6.45) is 0. The lowest BCUT2D eigenvalue weighted by molar-refractivity contribution is 0.102. The van der Waals surface area contributed by atoms with Crippen LogP contribution in [0.5, 0.6) is 5.75 Å². The predicted molar refractivity (Wildman–Crippen MR) is 84.4 cm³/mol. The molecule has 2 rings (SSSR count). The normalized spacial score (nSPS) is 10.2. The number of carbonyl (C=O) groups excluding carboxylic acids is 1. The zero-order chi connectivity index (χ0) is 14.0. The van der Waals surface area contributed by atoms with Crippen LogP contribution in [0, 0.1) is 10.5 Å². The number of amides is 1. The van der Waals surface area contributed by atoms with Gasteiger partial charge in [0, 0.05) is 14.9 Å². The van der Waals surface area contributed by atoms with Gasteiger partial charge in [0.25, 0.3) is 5.91 Å². The number of aromatic hydroxyl groups is 1. The number of phenolic OH excluding ortho intramolecular Hbond substituents is 1. The number of nitrogen functional groups attached to an aromatic ring is 1. The summed E-state index contributed by atoms with van der Waals surface area (Å²) in [6, 6.07) is 10.2. The first-order valence-electron chi connectivity index (χ1n) is 5.63. The lowest BCUT2D eigenvalue weighted by atomic mass is 10.1. The molecule has 2 aromatic rings. The predicted octanol–water partition coefficient (Wildman–Crippen LogP) is 3.14. The topological polar surface area (TPSA) is 75.3 Å². The van der Waals surface area contributed by atoms with E-state index >= 15 is 0 Å². The molecule has 0 fully saturated rings. The second kappa shape index (κ2) is 5.48. The standard InChI is InChI=1S/C14H13IN2O2/c1-8-2-4-10(16)7-12(8)17-14(19)11-6-9(15)3-5-13(11)18/h2-7,18H,16H2,1H3,(H,17,19). The van der Waals surface area contributed by atoms with Gasteiger partial charge >= 0.3 is 0 Å². The van der Waals surface area contributed by atoms with Gasteiger partial charge in [-0.3, -0.25) is 4.79 Å². The van der Waals surface area contributed by atoms with Crippen molar-refractivity contribution in [3.63, 3.8) is 0 Å². The molecule has 19 heavy (non-hydrogen) atoms. The third-order valence-electron chi connectivity index (χ3n) is 2.71. The Morgan fingerprint density at radius 1 is 1.26 bits per heavy atom. The molecule has 0 aliphatic heterocycles. The number of nitrogens with one attached hydrogen (secondary N) is 1. The van der Waals surface area contributed by atoms with E-state index in [9.17, 15) is 9.90 Å². The van der Waals surface area contributed by atoms with Gasteiger partial charge in [0.15, 0.2) is 0 Å². The smallest absolute Gasteiger partial charge is 0.259 e. The molecule has 0 saturated heterocycles. The molecule has 0 aliphatic rings. The number of phenols is 1. The van der Waals surface area contributed by atoms with Gasteiger partial charge in [0.2, 0.25) is 0 Å². The Morgan fingerprint density at radius 3 is 2.74 bits per heavy atom. The molecule has 0 aromatic heterocycles. The molecule has 0 aliphatic carbocycles. The van der Waals surface area contributed by atoms with Gasteiger partial charge < -0.3 is 16.2 Å². The van der Waals surface area contributed by atoms with E-state index in [0.29, 0.717) is 11.4 Å². The maximum atomic E-state index is 12.1. The third kappa shape index (κ3) is 3.17. The SMILES string of the molecule is Cc1ccc(N)cc1NC(=O)c1cc(I)ccc1O. The minimum absolute atomic E-state index is 0.0422. The van der Waals surface area contributed by atoms with E-state index in [2.05, 4.69) is 27.9 Å². The van der Waals surface area contributed by atoms with Crippen LogP contribution in [0.2, 0.25) is 0 Å². The summed E-state index contributed by atoms with van der Waals surface area (Å²) < 4.78 is 0.879. The van der Waals surface area contributed by atoms with Crippen molar-refractivity contribution in [1.82, 2.24) is 0 Å². The van der Waals surface area contributed by atoms with Crippen LogP contribution in [0.25, 0.3) is 0 Å². The minimum atomic E-state index is -0.357. The van der Waals surface area contributed by atoms with Crippen molar-refractivity contribution in [3.05, 3.63) is 51.1 Å². The van der Waals surface area contributed by atoms with Crippen molar-refractivity contribution in [2.75, 3.05) is 11.1 Å². The number of aryl methyl sites for hydroxylation is 1. The molecule has 4 N–H and O–H groups in total. The molecular formula is C14H13IN2O2. The molecule has 2 aromatic carbocycles. The maximum absolute atomic E-state index is 12.1. The first-order chi connectivity index (χ1) is 8.97. The average molecular weight is 368 g/mol. The third-order valence-corrected chi connectivity index (χ3v) is 3.38. The van der Waals surface area contributed by atoms with E-state index in [1.807, 2.05) is 13.0 Å². The van der Waals surface area contributed by atoms with Crippen LogP contribution < -0.4 is 11.1 Å². The quantitative estimate of drug-likeness (QED) is 0.563. The second-order valence-electron chi connectivity index (χ2n) is 4.19. The summed E-state index contributed by atoms with van der Waals surface area (Å²) in [7, 11) is 0. The number of hydrogen-bond acceptors (Lipinski definition) is 3. The molecule has 0 atom stereocenters. The molecule has 5 heteroatoms. The van der Waals surface area contributed by atoms with Crippen molar-refractivity contribution in [2.24, 2.45) is 0 Å². The maximum Gasteiger partial charge on any atom is 0.259 e. The number of anilines is 2. The molecule has 0 bridgehead atoms. The number of rotatable bonds is 2. The molecule has 4 nitrogen and oxygen atoms in total. The lowest BCUT2D eigenvalue weighted by Gasteiger charge is -2.10. The summed E-state index contributed by atoms with van der Waals surface area (Å²) in [4.78, 5) is 12.1. The van der Waals surface area contributed by atoms with Gasteiger partial charge in [0.1, 0.15) is 5.75 Å². The largest absolute Gasteiger partial charge is 0.507 e. The first-order valence-corrected chi connectivity index (χ1v) is 6.71. The van der Waals surface area contributed by atoms with Crippen LogP contribution in [-0.4, -0.2) is 11.0 Å². The van der Waals surface area contributed by atoms with Gasteiger partial charge in [-0.2, -0.15) is 0 Å². The zero-order valence-corrected chi connectivity index (χ0v) is 12.4. The fourth-order valence-electron chi connectivity index (χ4n) is 1.65. The summed E-state index contributed by atoms with van der Waals surface area (Å²) in [5, 5.41) is 12.5. The van der Waals surface area contributed by atoms with Crippen molar-refractivity contribution in [2.45, 2.75) is 6.92 Å². The van der Waals surface area contributed by atoms with E-state index in [-0.39, 0.29) is 17.2 Å². The number of hydrogen-bond donors (Lipinski definition) is 3. The number of halogens is 1. The average Bonchev–Trinajstić information content (AvgIpc) is 2.36. The first kappa shape index (κ1) is 13.7. The van der Waals surface area contributed by atoms with Crippen molar-refractivity contribution >= 4 is 39.9 Å². The summed E-state index contributed by atoms with van der Waals surface area (Å²) in [6.45, 7) is 1.88. The molecular weight excluding hydrogens is 355 g/mol. The van der Waals surface area contributed by atoms with Gasteiger partial charge in [-0.25, -0.2) is 0 Å². The van der Waals surface area contributed by atoms with Crippen molar-refractivity contribution in [3.8, 4) is 5.75 Å². The van der Waals surface area contributed by atoms with Crippen LogP contribution in [0.3, 0.4) is 0 Å². The Hall–Kier alpha value is -1.76. The van der Waals surface area contributed by atoms with Gasteiger partial charge in [-0.15, -0.1) is 0 Å². The number of nitrogens with two attached hydrogens (primary N) is 1. The van der Waals surface area contributed by atoms with E-state index in [0.717, 1.165) is 9.13 Å². The van der Waals surface area contributed by atoms with Crippen molar-refractivity contribution < 1.29 is 9.90 Å². The minimum Gasteiger partial charge on any atom is -0.507 e. The molecule has 98 valence electrons. The monoisotopic (exact) mass is 368 g/mol. The van der Waals surface area contributed by atoms with Crippen LogP contribution in [0.4, 0.5) is 11.4 Å². The number of benzene rings is 2. The second-order valence-corrected chi connectivity index (χ2v) is 5.44. The molecule has 0 radical (unpaired) electrons. The highest BCUT2D eigenvalue weighted by Gasteiger charge is 2.12. The van der Waals surface area contributed by atoms with Crippen LogP contribution >= 0.6 is 22.6 Å².